The van der Waals surface area contributed by atoms with Crippen LogP contribution in [0.5, 0.6) is 0 Å². The summed E-state index contributed by atoms with van der Waals surface area (Å²) in [6, 6.07) is 8.95. The molecule has 0 aliphatic carbocycles. The third kappa shape index (κ3) is 2.86. The molecule has 0 aliphatic rings. The fourth-order valence-corrected chi connectivity index (χ4v) is 2.20. The Bertz CT molecular complexity index is 442. The Labute approximate surface area is 103 Å². The van der Waals surface area contributed by atoms with E-state index in [1.54, 1.807) is 0 Å². The summed E-state index contributed by atoms with van der Waals surface area (Å²) in [5.41, 5.74) is 2.15. The number of H-pyrrole nitrogens is 1. The second-order valence-electron chi connectivity index (χ2n) is 4.72. The van der Waals surface area contributed by atoms with Crippen molar-refractivity contribution in [1.29, 1.82) is 0 Å². The average molecular weight is 231 g/mol. The van der Waals surface area contributed by atoms with Crippen molar-refractivity contribution in [1.82, 2.24) is 15.3 Å². The smallest absolute Gasteiger partial charge is 0.124 e. The van der Waals surface area contributed by atoms with E-state index in [1.807, 2.05) is 18.2 Å². The molecule has 1 heterocycles. The quantitative estimate of drug-likeness (QED) is 0.828. The molecule has 92 valence electrons. The normalized spacial score (nSPS) is 15.0. The highest BCUT2D eigenvalue weighted by Gasteiger charge is 2.12. The zero-order valence-electron chi connectivity index (χ0n) is 10.8. The molecule has 0 radical (unpaired) electrons. The predicted octanol–water partition coefficient (Wildman–Crippen LogP) is 3.40. The van der Waals surface area contributed by atoms with Crippen LogP contribution in [-0.4, -0.2) is 16.0 Å². The predicted molar refractivity (Wildman–Crippen MR) is 72.0 cm³/mol. The molecule has 17 heavy (non-hydrogen) atoms. The van der Waals surface area contributed by atoms with Gasteiger partial charge < -0.3 is 10.3 Å². The SMILES string of the molecule is CCCC(C)NC(C)c1nc2ccccc2[nH]1. The summed E-state index contributed by atoms with van der Waals surface area (Å²) in [5, 5.41) is 3.56. The minimum absolute atomic E-state index is 0.268. The van der Waals surface area contributed by atoms with E-state index in [2.05, 4.69) is 42.1 Å². The first-order valence-corrected chi connectivity index (χ1v) is 6.41. The minimum atomic E-state index is 0.268. The number of rotatable bonds is 5. The van der Waals surface area contributed by atoms with E-state index in [0.717, 1.165) is 16.9 Å². The largest absolute Gasteiger partial charge is 0.341 e. The summed E-state index contributed by atoms with van der Waals surface area (Å²) >= 11 is 0. The van der Waals surface area contributed by atoms with Crippen LogP contribution < -0.4 is 5.32 Å². The third-order valence-corrected chi connectivity index (χ3v) is 3.07. The molecule has 2 aromatic rings. The van der Waals surface area contributed by atoms with Crippen molar-refractivity contribution in [2.45, 2.75) is 45.7 Å². The first kappa shape index (κ1) is 12.1. The van der Waals surface area contributed by atoms with Crippen LogP contribution in [0, 0.1) is 0 Å². The molecular formula is C14H21N3. The Morgan fingerprint density at radius 3 is 2.76 bits per heavy atom. The van der Waals surface area contributed by atoms with Gasteiger partial charge in [-0.3, -0.25) is 0 Å². The molecule has 3 nitrogen and oxygen atoms in total. The van der Waals surface area contributed by atoms with E-state index in [1.165, 1.54) is 12.8 Å². The Morgan fingerprint density at radius 1 is 1.29 bits per heavy atom. The van der Waals surface area contributed by atoms with Gasteiger partial charge in [-0.2, -0.15) is 0 Å². The number of benzene rings is 1. The lowest BCUT2D eigenvalue weighted by molar-refractivity contribution is 0.442. The van der Waals surface area contributed by atoms with Crippen molar-refractivity contribution >= 4 is 11.0 Å². The maximum atomic E-state index is 4.61. The van der Waals surface area contributed by atoms with E-state index in [-0.39, 0.29) is 6.04 Å². The first-order valence-electron chi connectivity index (χ1n) is 6.41. The second kappa shape index (κ2) is 5.32. The molecule has 2 atom stereocenters. The fourth-order valence-electron chi connectivity index (χ4n) is 2.20. The molecule has 3 heteroatoms. The maximum absolute atomic E-state index is 4.61. The topological polar surface area (TPSA) is 40.7 Å². The number of imidazole rings is 1. The molecule has 0 bridgehead atoms. The monoisotopic (exact) mass is 231 g/mol. The lowest BCUT2D eigenvalue weighted by Crippen LogP contribution is -2.29. The van der Waals surface area contributed by atoms with Gasteiger partial charge in [0.05, 0.1) is 17.1 Å². The van der Waals surface area contributed by atoms with Gasteiger partial charge in [0.25, 0.3) is 0 Å². The Morgan fingerprint density at radius 2 is 2.06 bits per heavy atom. The number of fused-ring (bicyclic) bond motifs is 1. The third-order valence-electron chi connectivity index (χ3n) is 3.07. The van der Waals surface area contributed by atoms with Crippen LogP contribution in [0.15, 0.2) is 24.3 Å². The lowest BCUT2D eigenvalue weighted by atomic mass is 10.1. The zero-order chi connectivity index (χ0) is 12.3. The summed E-state index contributed by atoms with van der Waals surface area (Å²) < 4.78 is 0. The van der Waals surface area contributed by atoms with E-state index in [4.69, 9.17) is 0 Å². The van der Waals surface area contributed by atoms with Crippen LogP contribution in [0.1, 0.15) is 45.5 Å². The highest BCUT2D eigenvalue weighted by atomic mass is 15.0. The van der Waals surface area contributed by atoms with E-state index < -0.39 is 0 Å². The molecule has 0 saturated carbocycles. The summed E-state index contributed by atoms with van der Waals surface area (Å²) in [7, 11) is 0. The minimum Gasteiger partial charge on any atom is -0.341 e. The van der Waals surface area contributed by atoms with Crippen LogP contribution in [-0.2, 0) is 0 Å². The van der Waals surface area contributed by atoms with E-state index in [9.17, 15) is 0 Å². The van der Waals surface area contributed by atoms with E-state index in [0.29, 0.717) is 6.04 Å². The summed E-state index contributed by atoms with van der Waals surface area (Å²) in [6.45, 7) is 6.59. The number of aromatic amines is 1. The maximum Gasteiger partial charge on any atom is 0.124 e. The van der Waals surface area contributed by atoms with Crippen LogP contribution in [0.4, 0.5) is 0 Å². The van der Waals surface area contributed by atoms with Gasteiger partial charge in [-0.25, -0.2) is 4.98 Å². The van der Waals surface area contributed by atoms with Crippen LogP contribution in [0.3, 0.4) is 0 Å². The molecule has 0 aliphatic heterocycles. The second-order valence-corrected chi connectivity index (χ2v) is 4.72. The number of hydrogen-bond donors (Lipinski definition) is 2. The highest BCUT2D eigenvalue weighted by molar-refractivity contribution is 5.74. The molecular weight excluding hydrogens is 210 g/mol. The number of para-hydroxylation sites is 2. The van der Waals surface area contributed by atoms with Crippen molar-refractivity contribution in [2.24, 2.45) is 0 Å². The Hall–Kier alpha value is -1.35. The van der Waals surface area contributed by atoms with Gasteiger partial charge in [0.1, 0.15) is 5.82 Å². The van der Waals surface area contributed by atoms with Crippen molar-refractivity contribution < 1.29 is 0 Å². The number of nitrogens with zero attached hydrogens (tertiary/aromatic N) is 1. The summed E-state index contributed by atoms with van der Waals surface area (Å²) in [4.78, 5) is 7.98. The van der Waals surface area contributed by atoms with Crippen molar-refractivity contribution in [2.75, 3.05) is 0 Å². The van der Waals surface area contributed by atoms with Crippen molar-refractivity contribution in [3.8, 4) is 0 Å². The fraction of sp³-hybridized carbons (Fsp3) is 0.500. The Kier molecular flexibility index (Phi) is 3.79. The molecule has 0 amide bonds. The van der Waals surface area contributed by atoms with Gasteiger partial charge in [0.15, 0.2) is 0 Å². The summed E-state index contributed by atoms with van der Waals surface area (Å²) in [5.74, 6) is 1.02. The van der Waals surface area contributed by atoms with Crippen LogP contribution in [0.25, 0.3) is 11.0 Å². The van der Waals surface area contributed by atoms with Crippen molar-refractivity contribution in [3.63, 3.8) is 0 Å². The standard InChI is InChI=1S/C14H21N3/c1-4-7-10(2)15-11(3)14-16-12-8-5-6-9-13(12)17-14/h5-6,8-11,15H,4,7H2,1-3H3,(H,16,17). The summed E-state index contributed by atoms with van der Waals surface area (Å²) in [6.07, 6.45) is 2.41. The molecule has 2 rings (SSSR count). The van der Waals surface area contributed by atoms with Gasteiger partial charge in [0.2, 0.25) is 0 Å². The first-order chi connectivity index (χ1) is 8.20. The molecule has 1 aromatic carbocycles. The van der Waals surface area contributed by atoms with Crippen molar-refractivity contribution in [3.05, 3.63) is 30.1 Å². The molecule has 0 saturated heterocycles. The number of hydrogen-bond acceptors (Lipinski definition) is 2. The Balaban J connectivity index is 2.10. The van der Waals surface area contributed by atoms with Gasteiger partial charge in [-0.1, -0.05) is 25.5 Å². The molecule has 0 fully saturated rings. The molecule has 0 spiro atoms. The highest BCUT2D eigenvalue weighted by Crippen LogP contribution is 2.16. The van der Waals surface area contributed by atoms with Gasteiger partial charge in [-0.05, 0) is 32.4 Å². The number of nitrogens with one attached hydrogen (secondary N) is 2. The molecule has 1 aromatic heterocycles. The van der Waals surface area contributed by atoms with Crippen LogP contribution >= 0.6 is 0 Å². The van der Waals surface area contributed by atoms with Gasteiger partial charge in [-0.15, -0.1) is 0 Å². The van der Waals surface area contributed by atoms with Gasteiger partial charge >= 0.3 is 0 Å². The van der Waals surface area contributed by atoms with Crippen LogP contribution in [0.2, 0.25) is 0 Å². The average Bonchev–Trinajstić information content (AvgIpc) is 2.72. The lowest BCUT2D eigenvalue weighted by Gasteiger charge is -2.17. The van der Waals surface area contributed by atoms with E-state index >= 15 is 0 Å². The number of aromatic nitrogens is 2. The molecule has 2 unspecified atom stereocenters. The zero-order valence-corrected chi connectivity index (χ0v) is 10.8. The van der Waals surface area contributed by atoms with Gasteiger partial charge in [0, 0.05) is 6.04 Å². The molecule has 2 N–H and O–H groups in total.